The van der Waals surface area contributed by atoms with Crippen LogP contribution in [0.15, 0.2) is 48.7 Å². The quantitative estimate of drug-likeness (QED) is 0.663. The summed E-state index contributed by atoms with van der Waals surface area (Å²) in [6, 6.07) is 9.59. The lowest BCUT2D eigenvalue weighted by atomic mass is 9.55. The van der Waals surface area contributed by atoms with Crippen molar-refractivity contribution >= 4 is 18.0 Å². The molecule has 0 spiro atoms. The average Bonchev–Trinajstić information content (AvgIpc) is 2.97. The molecule has 8 heteroatoms. The monoisotopic (exact) mass is 458 g/mol. The highest BCUT2D eigenvalue weighted by Gasteiger charge is 2.68. The van der Waals surface area contributed by atoms with Gasteiger partial charge in [0.05, 0.1) is 11.1 Å². The van der Waals surface area contributed by atoms with E-state index in [1.807, 2.05) is 0 Å². The van der Waals surface area contributed by atoms with Gasteiger partial charge >= 0.3 is 5.97 Å². The number of pyridine rings is 1. The first-order chi connectivity index (χ1) is 15.5. The van der Waals surface area contributed by atoms with Gasteiger partial charge in [-0.3, -0.25) is 14.6 Å². The molecule has 1 saturated heterocycles. The molecule has 1 aromatic heterocycles. The van der Waals surface area contributed by atoms with E-state index >= 15 is 8.78 Å². The second-order valence-electron chi connectivity index (χ2n) is 9.08. The maximum Gasteiger partial charge on any atom is 0.313 e. The molecule has 1 aliphatic heterocycles. The first kappa shape index (κ1) is 23.0. The zero-order valence-electron chi connectivity index (χ0n) is 18.3. The van der Waals surface area contributed by atoms with E-state index in [0.717, 1.165) is 0 Å². The molecule has 1 saturated carbocycles. The second-order valence-corrected chi connectivity index (χ2v) is 9.08. The highest BCUT2D eigenvalue weighted by molar-refractivity contribution is 5.87. The number of benzene rings is 1. The molecule has 0 unspecified atom stereocenters. The van der Waals surface area contributed by atoms with Gasteiger partial charge in [0.15, 0.2) is 0 Å². The lowest BCUT2D eigenvalue weighted by molar-refractivity contribution is -0.174. The largest absolute Gasteiger partial charge is 0.462 e. The SMILES string of the molecule is C[C@H]1OC(=O)[C@]2(CC(N)=O)CC(F)(F)[C@@H](C)[C@H](C=Cc3ccc(-c4cccc(F)c4)cn3)[C@H]12. The highest BCUT2D eigenvalue weighted by Crippen LogP contribution is 2.60. The molecule has 2 fully saturated rings. The van der Waals surface area contributed by atoms with Gasteiger partial charge in [-0.15, -0.1) is 0 Å². The highest BCUT2D eigenvalue weighted by atomic mass is 19.3. The minimum Gasteiger partial charge on any atom is -0.462 e. The number of esters is 1. The van der Waals surface area contributed by atoms with Crippen LogP contribution in [0.2, 0.25) is 0 Å². The van der Waals surface area contributed by atoms with Crippen molar-refractivity contribution in [1.29, 1.82) is 0 Å². The molecule has 1 aromatic carbocycles. The molecule has 2 N–H and O–H groups in total. The minimum atomic E-state index is -3.18. The molecule has 1 amide bonds. The Kier molecular flexibility index (Phi) is 5.80. The lowest BCUT2D eigenvalue weighted by Crippen LogP contribution is -2.54. The number of allylic oxidation sites excluding steroid dienone is 1. The predicted octanol–water partition coefficient (Wildman–Crippen LogP) is 4.62. The van der Waals surface area contributed by atoms with Crippen molar-refractivity contribution in [3.63, 3.8) is 0 Å². The summed E-state index contributed by atoms with van der Waals surface area (Å²) >= 11 is 0. The van der Waals surface area contributed by atoms with Gasteiger partial charge in [0, 0.05) is 36.4 Å². The van der Waals surface area contributed by atoms with E-state index in [1.54, 1.807) is 49.5 Å². The number of carbonyl (C=O) groups is 2. The first-order valence-electron chi connectivity index (χ1n) is 10.8. The number of amides is 1. The Morgan fingerprint density at radius 1 is 1.24 bits per heavy atom. The van der Waals surface area contributed by atoms with Crippen LogP contribution < -0.4 is 5.73 Å². The number of alkyl halides is 2. The van der Waals surface area contributed by atoms with Crippen molar-refractivity contribution in [2.75, 3.05) is 0 Å². The molecule has 2 aliphatic rings. The van der Waals surface area contributed by atoms with Crippen molar-refractivity contribution in [3.05, 3.63) is 60.2 Å². The summed E-state index contributed by atoms with van der Waals surface area (Å²) in [5, 5.41) is 0. The summed E-state index contributed by atoms with van der Waals surface area (Å²) in [6.07, 6.45) is 2.96. The standard InChI is InChI=1S/C25H25F3N2O3/c1-14-20(9-8-19-7-6-17(12-30-19)16-4-3-5-18(26)10-16)22-15(2)33-23(32)24(22,11-21(29)31)13-25(14,27)28/h3-10,12,14-15,20,22H,11,13H2,1-2H3,(H2,29,31)/t14-,15+,20-,22-,24+/m0/s1. The van der Waals surface area contributed by atoms with E-state index in [9.17, 15) is 14.0 Å². The fourth-order valence-electron chi connectivity index (χ4n) is 5.39. The first-order valence-corrected chi connectivity index (χ1v) is 10.8. The summed E-state index contributed by atoms with van der Waals surface area (Å²) in [5.41, 5.74) is 5.61. The number of nitrogens with zero attached hydrogens (tertiary/aromatic N) is 1. The van der Waals surface area contributed by atoms with E-state index in [2.05, 4.69) is 4.98 Å². The minimum absolute atomic E-state index is 0.356. The van der Waals surface area contributed by atoms with E-state index in [-0.39, 0.29) is 5.82 Å². The second kappa shape index (κ2) is 8.32. The zero-order valence-corrected chi connectivity index (χ0v) is 18.3. The van der Waals surface area contributed by atoms with Crippen molar-refractivity contribution in [3.8, 4) is 11.1 Å². The number of aromatic nitrogens is 1. The Balaban J connectivity index is 1.65. The number of fused-ring (bicyclic) bond motifs is 1. The molecule has 1 aliphatic carbocycles. The van der Waals surface area contributed by atoms with Gasteiger partial charge in [-0.05, 0) is 42.7 Å². The number of rotatable bonds is 5. The molecule has 5 atom stereocenters. The van der Waals surface area contributed by atoms with Crippen LogP contribution in [0, 0.1) is 29.0 Å². The Hall–Kier alpha value is -3.16. The third kappa shape index (κ3) is 4.14. The van der Waals surface area contributed by atoms with Crippen LogP contribution in [-0.4, -0.2) is 28.9 Å². The fourth-order valence-corrected chi connectivity index (χ4v) is 5.39. The molecule has 0 radical (unpaired) electrons. The van der Waals surface area contributed by atoms with Crippen LogP contribution in [0.4, 0.5) is 13.2 Å². The van der Waals surface area contributed by atoms with Gasteiger partial charge in [0.1, 0.15) is 11.9 Å². The molecule has 0 bridgehead atoms. The van der Waals surface area contributed by atoms with Gasteiger partial charge in [0.25, 0.3) is 5.92 Å². The molecule has 174 valence electrons. The van der Waals surface area contributed by atoms with Gasteiger partial charge < -0.3 is 10.5 Å². The van der Waals surface area contributed by atoms with Crippen LogP contribution in [0.25, 0.3) is 17.2 Å². The van der Waals surface area contributed by atoms with Gasteiger partial charge in [-0.2, -0.15) is 0 Å². The molecule has 2 aromatic rings. The lowest BCUT2D eigenvalue weighted by Gasteiger charge is -2.47. The Labute approximate surface area is 189 Å². The third-order valence-corrected chi connectivity index (χ3v) is 6.98. The molecule has 2 heterocycles. The van der Waals surface area contributed by atoms with Crippen LogP contribution >= 0.6 is 0 Å². The number of cyclic esters (lactones) is 1. The number of hydrogen-bond donors (Lipinski definition) is 1. The van der Waals surface area contributed by atoms with Crippen LogP contribution in [-0.2, 0) is 14.3 Å². The normalized spacial score (nSPS) is 30.8. The Morgan fingerprint density at radius 3 is 2.64 bits per heavy atom. The predicted molar refractivity (Wildman–Crippen MR) is 116 cm³/mol. The maximum absolute atomic E-state index is 15.0. The van der Waals surface area contributed by atoms with E-state index in [4.69, 9.17) is 10.5 Å². The number of nitrogens with two attached hydrogens (primary N) is 1. The van der Waals surface area contributed by atoms with Crippen molar-refractivity contribution in [1.82, 2.24) is 4.98 Å². The summed E-state index contributed by atoms with van der Waals surface area (Å²) in [5.74, 6) is -7.57. The molecule has 4 rings (SSSR count). The Morgan fingerprint density at radius 2 is 2.00 bits per heavy atom. The van der Waals surface area contributed by atoms with E-state index < -0.39 is 59.9 Å². The Bertz CT molecular complexity index is 1100. The zero-order chi connectivity index (χ0) is 24.0. The molecular formula is C25H25F3N2O3. The summed E-state index contributed by atoms with van der Waals surface area (Å²) in [7, 11) is 0. The van der Waals surface area contributed by atoms with Crippen molar-refractivity contribution < 1.29 is 27.5 Å². The van der Waals surface area contributed by atoms with E-state index in [0.29, 0.717) is 16.8 Å². The van der Waals surface area contributed by atoms with Gasteiger partial charge in [-0.1, -0.05) is 31.2 Å². The average molecular weight is 458 g/mol. The smallest absolute Gasteiger partial charge is 0.313 e. The number of hydrogen-bond acceptors (Lipinski definition) is 4. The number of primary amides is 1. The van der Waals surface area contributed by atoms with Gasteiger partial charge in [0.2, 0.25) is 5.91 Å². The van der Waals surface area contributed by atoms with Crippen molar-refractivity contribution in [2.24, 2.45) is 28.9 Å². The third-order valence-electron chi connectivity index (χ3n) is 6.98. The topological polar surface area (TPSA) is 82.3 Å². The van der Waals surface area contributed by atoms with Crippen LogP contribution in [0.5, 0.6) is 0 Å². The number of ether oxygens (including phenoxy) is 1. The van der Waals surface area contributed by atoms with Crippen LogP contribution in [0.1, 0.15) is 32.4 Å². The molecule has 33 heavy (non-hydrogen) atoms. The number of halogens is 3. The van der Waals surface area contributed by atoms with Gasteiger partial charge in [-0.25, -0.2) is 13.2 Å². The summed E-state index contributed by atoms with van der Waals surface area (Å²) in [4.78, 5) is 28.7. The van der Waals surface area contributed by atoms with Crippen LogP contribution in [0.3, 0.4) is 0 Å². The van der Waals surface area contributed by atoms with Crippen molar-refractivity contribution in [2.45, 2.75) is 38.7 Å². The summed E-state index contributed by atoms with van der Waals surface area (Å²) < 4.78 is 48.9. The number of carbonyl (C=O) groups excluding carboxylic acids is 2. The molecular weight excluding hydrogens is 433 g/mol. The maximum atomic E-state index is 15.0. The van der Waals surface area contributed by atoms with E-state index in [1.165, 1.54) is 19.1 Å². The fraction of sp³-hybridized carbons (Fsp3) is 0.400. The molecule has 5 nitrogen and oxygen atoms in total. The summed E-state index contributed by atoms with van der Waals surface area (Å²) in [6.45, 7) is 3.10.